The number of carbonyl (C=O) groups excluding carboxylic acids is 1. The molecular formula is C22H21FN2O2S. The van der Waals surface area contributed by atoms with Crippen LogP contribution in [0.1, 0.15) is 12.8 Å². The Bertz CT molecular complexity index is 920. The largest absolute Gasteiger partial charge is 0.490 e. The molecule has 6 heteroatoms. The zero-order valence-electron chi connectivity index (χ0n) is 15.3. The second-order valence-corrected chi connectivity index (χ2v) is 7.56. The topological polar surface area (TPSA) is 41.6 Å². The van der Waals surface area contributed by atoms with Crippen LogP contribution in [0.3, 0.4) is 0 Å². The number of ether oxygens (including phenoxy) is 1. The number of halogens is 1. The van der Waals surface area contributed by atoms with Crippen LogP contribution in [0.2, 0.25) is 0 Å². The number of benzene rings is 2. The molecule has 1 aliphatic rings. The highest BCUT2D eigenvalue weighted by Crippen LogP contribution is 2.26. The van der Waals surface area contributed by atoms with E-state index in [1.807, 2.05) is 12.1 Å². The lowest BCUT2D eigenvalue weighted by Crippen LogP contribution is -2.43. The number of likely N-dealkylation sites (tertiary alicyclic amines) is 1. The predicted octanol–water partition coefficient (Wildman–Crippen LogP) is 5.63. The van der Waals surface area contributed by atoms with E-state index >= 15 is 0 Å². The summed E-state index contributed by atoms with van der Waals surface area (Å²) in [6, 6.07) is 15.9. The van der Waals surface area contributed by atoms with Crippen molar-refractivity contribution in [2.24, 2.45) is 0 Å². The van der Waals surface area contributed by atoms with Gasteiger partial charge < -0.3 is 15.0 Å². The van der Waals surface area contributed by atoms with Crippen LogP contribution in [0.4, 0.5) is 14.9 Å². The molecule has 0 spiro atoms. The Morgan fingerprint density at radius 1 is 1.07 bits per heavy atom. The van der Waals surface area contributed by atoms with E-state index in [0.29, 0.717) is 18.8 Å². The zero-order chi connectivity index (χ0) is 19.3. The molecule has 0 atom stereocenters. The summed E-state index contributed by atoms with van der Waals surface area (Å²) in [4.78, 5) is 14.1. The minimum absolute atomic E-state index is 0.0882. The first-order chi connectivity index (χ1) is 13.7. The molecule has 0 bridgehead atoms. The molecule has 1 aromatic heterocycles. The summed E-state index contributed by atoms with van der Waals surface area (Å²) >= 11 is 1.68. The standard InChI is InChI=1S/C22H21FN2O2S/c23-18-2-1-3-19(14-18)24-22(26)25-11-8-21(9-12-25)27-20-6-4-16(5-7-20)17-10-13-28-15-17/h1-7,10,13-15,21H,8-9,11-12H2,(H,24,26). The van der Waals surface area contributed by atoms with Crippen LogP contribution in [0.5, 0.6) is 5.75 Å². The third-order valence-electron chi connectivity index (χ3n) is 4.82. The third kappa shape index (κ3) is 4.51. The molecular weight excluding hydrogens is 375 g/mol. The van der Waals surface area contributed by atoms with Crippen molar-refractivity contribution in [3.63, 3.8) is 0 Å². The molecule has 0 unspecified atom stereocenters. The highest BCUT2D eigenvalue weighted by Gasteiger charge is 2.24. The van der Waals surface area contributed by atoms with E-state index in [1.165, 1.54) is 23.3 Å². The average molecular weight is 396 g/mol. The number of urea groups is 1. The van der Waals surface area contributed by atoms with Crippen molar-refractivity contribution in [1.82, 2.24) is 4.90 Å². The highest BCUT2D eigenvalue weighted by atomic mass is 32.1. The second-order valence-electron chi connectivity index (χ2n) is 6.78. The Labute approximate surface area is 167 Å². The van der Waals surface area contributed by atoms with Gasteiger partial charge in [0.15, 0.2) is 0 Å². The predicted molar refractivity (Wildman–Crippen MR) is 110 cm³/mol. The van der Waals surface area contributed by atoms with Crippen molar-refractivity contribution in [2.75, 3.05) is 18.4 Å². The van der Waals surface area contributed by atoms with Gasteiger partial charge in [-0.3, -0.25) is 0 Å². The molecule has 0 aliphatic carbocycles. The summed E-state index contributed by atoms with van der Waals surface area (Å²) in [5.41, 5.74) is 2.86. The van der Waals surface area contributed by atoms with E-state index in [9.17, 15) is 9.18 Å². The first kappa shape index (κ1) is 18.5. The average Bonchev–Trinajstić information content (AvgIpc) is 3.24. The summed E-state index contributed by atoms with van der Waals surface area (Å²) in [5.74, 6) is 0.483. The van der Waals surface area contributed by atoms with Gasteiger partial charge in [0.2, 0.25) is 0 Å². The summed E-state index contributed by atoms with van der Waals surface area (Å²) in [6.45, 7) is 1.22. The molecule has 2 amide bonds. The van der Waals surface area contributed by atoms with Crippen molar-refractivity contribution >= 4 is 23.1 Å². The number of amides is 2. The first-order valence-corrected chi connectivity index (χ1v) is 10.2. The Morgan fingerprint density at radius 2 is 1.86 bits per heavy atom. The van der Waals surface area contributed by atoms with Crippen molar-refractivity contribution in [1.29, 1.82) is 0 Å². The number of hydrogen-bond donors (Lipinski definition) is 1. The van der Waals surface area contributed by atoms with Crippen molar-refractivity contribution in [3.05, 3.63) is 71.2 Å². The Hall–Kier alpha value is -2.86. The van der Waals surface area contributed by atoms with E-state index in [1.54, 1.807) is 28.4 Å². The van der Waals surface area contributed by atoms with Gasteiger partial charge in [0.05, 0.1) is 0 Å². The van der Waals surface area contributed by atoms with Crippen LogP contribution in [0.15, 0.2) is 65.4 Å². The number of nitrogens with zero attached hydrogens (tertiary/aromatic N) is 1. The van der Waals surface area contributed by atoms with Crippen LogP contribution in [0, 0.1) is 5.82 Å². The fourth-order valence-electron chi connectivity index (χ4n) is 3.29. The second kappa shape index (κ2) is 8.44. The van der Waals surface area contributed by atoms with Crippen molar-refractivity contribution in [2.45, 2.75) is 18.9 Å². The van der Waals surface area contributed by atoms with Crippen molar-refractivity contribution < 1.29 is 13.9 Å². The number of anilines is 1. The Kier molecular flexibility index (Phi) is 5.58. The molecule has 4 nitrogen and oxygen atoms in total. The van der Waals surface area contributed by atoms with Gasteiger partial charge in [-0.05, 0) is 58.3 Å². The van der Waals surface area contributed by atoms with E-state index < -0.39 is 0 Å². The number of hydrogen-bond acceptors (Lipinski definition) is 3. The minimum Gasteiger partial charge on any atom is -0.490 e. The molecule has 0 saturated carbocycles. The lowest BCUT2D eigenvalue weighted by atomic mass is 10.1. The quantitative estimate of drug-likeness (QED) is 0.621. The fraction of sp³-hybridized carbons (Fsp3) is 0.227. The third-order valence-corrected chi connectivity index (χ3v) is 5.50. The lowest BCUT2D eigenvalue weighted by Gasteiger charge is -2.32. The molecule has 0 radical (unpaired) electrons. The summed E-state index contributed by atoms with van der Waals surface area (Å²) in [6.07, 6.45) is 1.62. The van der Waals surface area contributed by atoms with Crippen LogP contribution < -0.4 is 10.1 Å². The maximum absolute atomic E-state index is 13.2. The van der Waals surface area contributed by atoms with Gasteiger partial charge >= 0.3 is 6.03 Å². The monoisotopic (exact) mass is 396 g/mol. The molecule has 144 valence electrons. The van der Waals surface area contributed by atoms with Crippen LogP contribution >= 0.6 is 11.3 Å². The molecule has 2 heterocycles. The smallest absolute Gasteiger partial charge is 0.321 e. The van der Waals surface area contributed by atoms with E-state index in [2.05, 4.69) is 34.3 Å². The molecule has 1 aliphatic heterocycles. The molecule has 1 fully saturated rings. The summed E-state index contributed by atoms with van der Waals surface area (Å²) in [5, 5.41) is 6.94. The fourth-order valence-corrected chi connectivity index (χ4v) is 3.96. The van der Waals surface area contributed by atoms with Gasteiger partial charge in [-0.25, -0.2) is 9.18 Å². The van der Waals surface area contributed by atoms with E-state index in [-0.39, 0.29) is 18.0 Å². The number of thiophene rings is 1. The first-order valence-electron chi connectivity index (χ1n) is 9.28. The van der Waals surface area contributed by atoms with Gasteiger partial charge in [0.1, 0.15) is 17.7 Å². The molecule has 4 rings (SSSR count). The highest BCUT2D eigenvalue weighted by molar-refractivity contribution is 7.08. The summed E-state index contributed by atoms with van der Waals surface area (Å²) in [7, 11) is 0. The van der Waals surface area contributed by atoms with Gasteiger partial charge in [-0.15, -0.1) is 0 Å². The number of rotatable bonds is 4. The van der Waals surface area contributed by atoms with Crippen LogP contribution in [-0.2, 0) is 0 Å². The molecule has 28 heavy (non-hydrogen) atoms. The van der Waals surface area contributed by atoms with Crippen LogP contribution in [0.25, 0.3) is 11.1 Å². The molecule has 1 saturated heterocycles. The Balaban J connectivity index is 1.27. The summed E-state index contributed by atoms with van der Waals surface area (Å²) < 4.78 is 19.3. The maximum atomic E-state index is 13.2. The van der Waals surface area contributed by atoms with Gasteiger partial charge in [0.25, 0.3) is 0 Å². The molecule has 3 aromatic rings. The maximum Gasteiger partial charge on any atom is 0.321 e. The number of nitrogens with one attached hydrogen (secondary N) is 1. The zero-order valence-corrected chi connectivity index (χ0v) is 16.1. The van der Waals surface area contributed by atoms with Crippen LogP contribution in [-0.4, -0.2) is 30.1 Å². The number of piperidine rings is 1. The van der Waals surface area contributed by atoms with E-state index in [0.717, 1.165) is 18.6 Å². The number of carbonyl (C=O) groups is 1. The van der Waals surface area contributed by atoms with Gasteiger partial charge in [-0.2, -0.15) is 11.3 Å². The van der Waals surface area contributed by atoms with Gasteiger partial charge in [0, 0.05) is 31.6 Å². The Morgan fingerprint density at radius 3 is 2.54 bits per heavy atom. The van der Waals surface area contributed by atoms with E-state index in [4.69, 9.17) is 4.74 Å². The minimum atomic E-state index is -0.366. The normalized spacial score (nSPS) is 14.7. The van der Waals surface area contributed by atoms with Crippen molar-refractivity contribution in [3.8, 4) is 16.9 Å². The molecule has 2 aromatic carbocycles. The molecule has 1 N–H and O–H groups in total. The SMILES string of the molecule is O=C(Nc1cccc(F)c1)N1CCC(Oc2ccc(-c3ccsc3)cc2)CC1. The lowest BCUT2D eigenvalue weighted by molar-refractivity contribution is 0.115. The van der Waals surface area contributed by atoms with Gasteiger partial charge in [-0.1, -0.05) is 18.2 Å².